The van der Waals surface area contributed by atoms with Crippen molar-refractivity contribution in [3.63, 3.8) is 0 Å². The molecule has 98 valence electrons. The van der Waals surface area contributed by atoms with Crippen LogP contribution in [-0.2, 0) is 11.2 Å². The first-order chi connectivity index (χ1) is 8.84. The zero-order valence-electron chi connectivity index (χ0n) is 10.7. The van der Waals surface area contributed by atoms with E-state index in [1.807, 2.05) is 12.1 Å². The van der Waals surface area contributed by atoms with Crippen molar-refractivity contribution in [3.05, 3.63) is 30.1 Å². The van der Waals surface area contributed by atoms with Crippen molar-refractivity contribution < 1.29 is 4.79 Å². The van der Waals surface area contributed by atoms with Crippen LogP contribution in [0, 0.1) is 5.92 Å². The van der Waals surface area contributed by atoms with E-state index in [9.17, 15) is 4.79 Å². The van der Waals surface area contributed by atoms with Crippen LogP contribution < -0.4 is 10.6 Å². The van der Waals surface area contributed by atoms with Crippen molar-refractivity contribution in [2.75, 3.05) is 19.6 Å². The van der Waals surface area contributed by atoms with Gasteiger partial charge < -0.3 is 10.6 Å². The minimum absolute atomic E-state index is 0.150. The maximum atomic E-state index is 11.7. The molecule has 0 aliphatic carbocycles. The molecule has 0 saturated carbocycles. The van der Waals surface area contributed by atoms with E-state index in [0.717, 1.165) is 26.1 Å². The molecule has 1 unspecified atom stereocenters. The van der Waals surface area contributed by atoms with E-state index >= 15 is 0 Å². The largest absolute Gasteiger partial charge is 0.356 e. The van der Waals surface area contributed by atoms with Gasteiger partial charge in [0.05, 0.1) is 0 Å². The van der Waals surface area contributed by atoms with E-state index in [1.165, 1.54) is 18.4 Å². The Labute approximate surface area is 108 Å². The molecule has 1 aromatic heterocycles. The van der Waals surface area contributed by atoms with E-state index in [-0.39, 0.29) is 5.91 Å². The van der Waals surface area contributed by atoms with Gasteiger partial charge in [0.25, 0.3) is 0 Å². The summed E-state index contributed by atoms with van der Waals surface area (Å²) in [7, 11) is 0. The van der Waals surface area contributed by atoms with Gasteiger partial charge in [-0.15, -0.1) is 0 Å². The van der Waals surface area contributed by atoms with Crippen LogP contribution in [0.5, 0.6) is 0 Å². The second kappa shape index (κ2) is 7.11. The summed E-state index contributed by atoms with van der Waals surface area (Å²) >= 11 is 0. The molecule has 2 heterocycles. The first kappa shape index (κ1) is 13.0. The van der Waals surface area contributed by atoms with E-state index < -0.39 is 0 Å². The van der Waals surface area contributed by atoms with Crippen LogP contribution in [0.15, 0.2) is 24.5 Å². The molecule has 0 bridgehead atoms. The van der Waals surface area contributed by atoms with Gasteiger partial charge in [-0.3, -0.25) is 9.78 Å². The SMILES string of the molecule is O=C(CCc1ccncc1)NCC1CCCNC1. The van der Waals surface area contributed by atoms with Crippen molar-refractivity contribution in [2.45, 2.75) is 25.7 Å². The van der Waals surface area contributed by atoms with Gasteiger partial charge in [-0.25, -0.2) is 0 Å². The molecule has 0 aromatic carbocycles. The third-order valence-corrected chi connectivity index (χ3v) is 3.38. The van der Waals surface area contributed by atoms with Gasteiger partial charge in [-0.2, -0.15) is 0 Å². The number of carbonyl (C=O) groups is 1. The maximum absolute atomic E-state index is 11.7. The number of amides is 1. The average molecular weight is 247 g/mol. The summed E-state index contributed by atoms with van der Waals surface area (Å²) in [6.45, 7) is 2.96. The Balaban J connectivity index is 1.63. The minimum atomic E-state index is 0.150. The predicted molar refractivity (Wildman–Crippen MR) is 71.2 cm³/mol. The van der Waals surface area contributed by atoms with Crippen molar-refractivity contribution in [1.29, 1.82) is 0 Å². The smallest absolute Gasteiger partial charge is 0.220 e. The van der Waals surface area contributed by atoms with Gasteiger partial charge in [0, 0.05) is 25.4 Å². The number of hydrogen-bond donors (Lipinski definition) is 2. The Hall–Kier alpha value is -1.42. The Kier molecular flexibility index (Phi) is 5.15. The lowest BCUT2D eigenvalue weighted by Crippen LogP contribution is -2.38. The molecule has 1 aliphatic heterocycles. The highest BCUT2D eigenvalue weighted by atomic mass is 16.1. The lowest BCUT2D eigenvalue weighted by Gasteiger charge is -2.22. The molecule has 2 rings (SSSR count). The number of nitrogens with one attached hydrogen (secondary N) is 2. The molecule has 1 amide bonds. The molecule has 2 N–H and O–H groups in total. The quantitative estimate of drug-likeness (QED) is 0.820. The Morgan fingerprint density at radius 2 is 2.28 bits per heavy atom. The summed E-state index contributed by atoms with van der Waals surface area (Å²) < 4.78 is 0. The highest BCUT2D eigenvalue weighted by molar-refractivity contribution is 5.76. The second-order valence-corrected chi connectivity index (χ2v) is 4.87. The van der Waals surface area contributed by atoms with Crippen LogP contribution >= 0.6 is 0 Å². The van der Waals surface area contributed by atoms with Gasteiger partial charge in [0.1, 0.15) is 0 Å². The first-order valence-electron chi connectivity index (χ1n) is 6.71. The zero-order valence-corrected chi connectivity index (χ0v) is 10.7. The van der Waals surface area contributed by atoms with E-state index in [4.69, 9.17) is 0 Å². The molecule has 1 saturated heterocycles. The second-order valence-electron chi connectivity index (χ2n) is 4.87. The fourth-order valence-electron chi connectivity index (χ4n) is 2.25. The summed E-state index contributed by atoms with van der Waals surface area (Å²) in [6.07, 6.45) is 7.32. The number of nitrogens with zero attached hydrogens (tertiary/aromatic N) is 1. The lowest BCUT2D eigenvalue weighted by atomic mass is 10.00. The third-order valence-electron chi connectivity index (χ3n) is 3.38. The first-order valence-corrected chi connectivity index (χ1v) is 6.71. The highest BCUT2D eigenvalue weighted by Gasteiger charge is 2.13. The van der Waals surface area contributed by atoms with Crippen LogP contribution in [0.25, 0.3) is 0 Å². The summed E-state index contributed by atoms with van der Waals surface area (Å²) in [5.74, 6) is 0.751. The van der Waals surface area contributed by atoms with Gasteiger partial charge in [-0.05, 0) is 56.0 Å². The third kappa shape index (κ3) is 4.45. The summed E-state index contributed by atoms with van der Waals surface area (Å²) in [4.78, 5) is 15.7. The number of rotatable bonds is 5. The van der Waals surface area contributed by atoms with Gasteiger partial charge in [-0.1, -0.05) is 0 Å². The number of carbonyl (C=O) groups excluding carboxylic acids is 1. The van der Waals surface area contributed by atoms with E-state index in [0.29, 0.717) is 12.3 Å². The molecule has 1 atom stereocenters. The average Bonchev–Trinajstić information content (AvgIpc) is 2.45. The Bertz CT molecular complexity index is 361. The number of pyridine rings is 1. The molecular formula is C14H21N3O. The number of piperidine rings is 1. The summed E-state index contributed by atoms with van der Waals surface area (Å²) in [6, 6.07) is 3.91. The van der Waals surface area contributed by atoms with E-state index in [1.54, 1.807) is 12.4 Å². The maximum Gasteiger partial charge on any atom is 0.220 e. The normalized spacial score (nSPS) is 19.4. The van der Waals surface area contributed by atoms with Gasteiger partial charge in [0.15, 0.2) is 0 Å². The molecule has 1 fully saturated rings. The number of aromatic nitrogens is 1. The van der Waals surface area contributed by atoms with Crippen molar-refractivity contribution in [1.82, 2.24) is 15.6 Å². The summed E-state index contributed by atoms with van der Waals surface area (Å²) in [5.41, 5.74) is 1.17. The molecule has 0 spiro atoms. The lowest BCUT2D eigenvalue weighted by molar-refractivity contribution is -0.121. The predicted octanol–water partition coefficient (Wildman–Crippen LogP) is 1.13. The molecule has 4 nitrogen and oxygen atoms in total. The van der Waals surface area contributed by atoms with Crippen LogP contribution in [0.1, 0.15) is 24.8 Å². The standard InChI is InChI=1S/C14H21N3O/c18-14(4-3-12-5-8-15-9-6-12)17-11-13-2-1-7-16-10-13/h5-6,8-9,13,16H,1-4,7,10-11H2,(H,17,18). The number of hydrogen-bond acceptors (Lipinski definition) is 3. The molecule has 4 heteroatoms. The van der Waals surface area contributed by atoms with E-state index in [2.05, 4.69) is 15.6 Å². The molecule has 1 aliphatic rings. The number of aryl methyl sites for hydroxylation is 1. The zero-order chi connectivity index (χ0) is 12.6. The fourth-order valence-corrected chi connectivity index (χ4v) is 2.25. The molecule has 18 heavy (non-hydrogen) atoms. The van der Waals surface area contributed by atoms with Crippen LogP contribution in [0.4, 0.5) is 0 Å². The fraction of sp³-hybridized carbons (Fsp3) is 0.571. The van der Waals surface area contributed by atoms with Crippen molar-refractivity contribution >= 4 is 5.91 Å². The highest BCUT2D eigenvalue weighted by Crippen LogP contribution is 2.08. The molecule has 1 aromatic rings. The minimum Gasteiger partial charge on any atom is -0.356 e. The molecular weight excluding hydrogens is 226 g/mol. The van der Waals surface area contributed by atoms with Gasteiger partial charge in [0.2, 0.25) is 5.91 Å². The molecule has 0 radical (unpaired) electrons. The van der Waals surface area contributed by atoms with Crippen molar-refractivity contribution in [2.24, 2.45) is 5.92 Å². The van der Waals surface area contributed by atoms with Crippen LogP contribution in [-0.4, -0.2) is 30.5 Å². The van der Waals surface area contributed by atoms with Gasteiger partial charge >= 0.3 is 0 Å². The summed E-state index contributed by atoms with van der Waals surface area (Å²) in [5, 5.41) is 6.39. The Morgan fingerprint density at radius 3 is 3.00 bits per heavy atom. The van der Waals surface area contributed by atoms with Crippen LogP contribution in [0.3, 0.4) is 0 Å². The van der Waals surface area contributed by atoms with Crippen LogP contribution in [0.2, 0.25) is 0 Å². The monoisotopic (exact) mass is 247 g/mol. The Morgan fingerprint density at radius 1 is 1.44 bits per heavy atom. The van der Waals surface area contributed by atoms with Crippen molar-refractivity contribution in [3.8, 4) is 0 Å². The topological polar surface area (TPSA) is 54.0 Å².